The minimum absolute atomic E-state index is 0.421. The molecule has 0 bridgehead atoms. The average Bonchev–Trinajstić information content (AvgIpc) is 2.63. The van der Waals surface area contributed by atoms with Crippen LogP contribution in [0.2, 0.25) is 0 Å². The lowest BCUT2D eigenvalue weighted by atomic mass is 9.87. The third kappa shape index (κ3) is 3.55. The summed E-state index contributed by atoms with van der Waals surface area (Å²) in [5.74, 6) is 2.10. The van der Waals surface area contributed by atoms with Crippen molar-refractivity contribution in [1.29, 1.82) is 0 Å². The van der Waals surface area contributed by atoms with Crippen LogP contribution in [0.1, 0.15) is 56.8 Å². The zero-order valence-electron chi connectivity index (χ0n) is 16.3. The van der Waals surface area contributed by atoms with E-state index in [0.717, 1.165) is 57.1 Å². The Labute approximate surface area is 147 Å². The fraction of sp³-hybridized carbons (Fsp3) is 0.700. The van der Waals surface area contributed by atoms with E-state index in [-0.39, 0.29) is 0 Å². The Kier molecular flexibility index (Phi) is 6.93. The SMILES string of the molecule is CCC1c2c(OC)cc(CN(CC)CC)c(OC)c2CCN1CC. The Morgan fingerprint density at radius 1 is 1.12 bits per heavy atom. The first-order chi connectivity index (χ1) is 11.6. The summed E-state index contributed by atoms with van der Waals surface area (Å²) in [6.07, 6.45) is 2.13. The van der Waals surface area contributed by atoms with Gasteiger partial charge < -0.3 is 9.47 Å². The summed E-state index contributed by atoms with van der Waals surface area (Å²) in [6, 6.07) is 2.63. The maximum Gasteiger partial charge on any atom is 0.127 e. The topological polar surface area (TPSA) is 24.9 Å². The van der Waals surface area contributed by atoms with Crippen molar-refractivity contribution in [1.82, 2.24) is 9.80 Å². The van der Waals surface area contributed by atoms with E-state index in [0.29, 0.717) is 6.04 Å². The molecule has 0 spiro atoms. The van der Waals surface area contributed by atoms with Crippen LogP contribution >= 0.6 is 0 Å². The van der Waals surface area contributed by atoms with Gasteiger partial charge in [0.2, 0.25) is 0 Å². The molecule has 24 heavy (non-hydrogen) atoms. The second-order valence-electron chi connectivity index (χ2n) is 6.43. The van der Waals surface area contributed by atoms with Crippen LogP contribution in [0.3, 0.4) is 0 Å². The lowest BCUT2D eigenvalue weighted by Crippen LogP contribution is -2.35. The first kappa shape index (κ1) is 19.1. The van der Waals surface area contributed by atoms with Gasteiger partial charge in [-0.05, 0) is 38.5 Å². The molecule has 1 aliphatic rings. The maximum absolute atomic E-state index is 5.89. The third-order valence-electron chi connectivity index (χ3n) is 5.39. The predicted octanol–water partition coefficient (Wildman–Crippen LogP) is 3.87. The normalized spacial score (nSPS) is 17.9. The molecular weight excluding hydrogens is 300 g/mol. The van der Waals surface area contributed by atoms with Gasteiger partial charge in [-0.2, -0.15) is 0 Å². The Bertz CT molecular complexity index is 541. The Balaban J connectivity index is 2.55. The number of ether oxygens (including phenoxy) is 2. The van der Waals surface area contributed by atoms with Gasteiger partial charge in [0.15, 0.2) is 0 Å². The molecule has 0 radical (unpaired) electrons. The van der Waals surface area contributed by atoms with E-state index in [9.17, 15) is 0 Å². The fourth-order valence-electron chi connectivity index (χ4n) is 4.04. The van der Waals surface area contributed by atoms with Gasteiger partial charge in [-0.1, -0.05) is 27.7 Å². The van der Waals surface area contributed by atoms with Crippen LogP contribution in [0.5, 0.6) is 11.5 Å². The predicted molar refractivity (Wildman–Crippen MR) is 100 cm³/mol. The van der Waals surface area contributed by atoms with Gasteiger partial charge in [-0.15, -0.1) is 0 Å². The number of likely N-dealkylation sites (N-methyl/N-ethyl adjacent to an activating group) is 1. The fourth-order valence-corrected chi connectivity index (χ4v) is 4.04. The zero-order chi connectivity index (χ0) is 17.7. The first-order valence-corrected chi connectivity index (χ1v) is 9.37. The maximum atomic E-state index is 5.89. The van der Waals surface area contributed by atoms with E-state index in [1.165, 1.54) is 16.7 Å². The minimum Gasteiger partial charge on any atom is -0.496 e. The third-order valence-corrected chi connectivity index (χ3v) is 5.39. The largest absolute Gasteiger partial charge is 0.496 e. The molecule has 1 aromatic rings. The summed E-state index contributed by atoms with van der Waals surface area (Å²) in [4.78, 5) is 4.97. The molecule has 0 N–H and O–H groups in total. The number of rotatable bonds is 8. The van der Waals surface area contributed by atoms with E-state index in [2.05, 4.69) is 43.6 Å². The lowest BCUT2D eigenvalue weighted by Gasteiger charge is -2.38. The monoisotopic (exact) mass is 334 g/mol. The van der Waals surface area contributed by atoms with Gasteiger partial charge in [0.25, 0.3) is 0 Å². The van der Waals surface area contributed by atoms with Gasteiger partial charge in [-0.25, -0.2) is 0 Å². The number of methoxy groups -OCH3 is 2. The molecule has 0 saturated heterocycles. The van der Waals surface area contributed by atoms with E-state index in [4.69, 9.17) is 9.47 Å². The molecular formula is C20H34N2O2. The summed E-state index contributed by atoms with van der Waals surface area (Å²) in [6.45, 7) is 14.1. The van der Waals surface area contributed by atoms with Crippen LogP contribution in [0, 0.1) is 0 Å². The second kappa shape index (κ2) is 8.72. The van der Waals surface area contributed by atoms with Gasteiger partial charge in [0, 0.05) is 35.8 Å². The van der Waals surface area contributed by atoms with E-state index in [1.807, 2.05) is 0 Å². The van der Waals surface area contributed by atoms with Crippen LogP contribution in [0.4, 0.5) is 0 Å². The lowest BCUT2D eigenvalue weighted by molar-refractivity contribution is 0.183. The highest BCUT2D eigenvalue weighted by Crippen LogP contribution is 2.44. The second-order valence-corrected chi connectivity index (χ2v) is 6.43. The molecule has 0 aliphatic carbocycles. The molecule has 136 valence electrons. The highest BCUT2D eigenvalue weighted by Gasteiger charge is 2.32. The summed E-state index contributed by atoms with van der Waals surface area (Å²) in [5.41, 5.74) is 3.94. The van der Waals surface area contributed by atoms with Crippen LogP contribution in [0.25, 0.3) is 0 Å². The van der Waals surface area contributed by atoms with Crippen molar-refractivity contribution >= 4 is 0 Å². The summed E-state index contributed by atoms with van der Waals surface area (Å²) < 4.78 is 11.7. The molecule has 2 rings (SSSR count). The molecule has 0 aromatic heterocycles. The van der Waals surface area contributed by atoms with E-state index in [1.54, 1.807) is 14.2 Å². The van der Waals surface area contributed by atoms with Crippen molar-refractivity contribution in [3.05, 3.63) is 22.8 Å². The highest BCUT2D eigenvalue weighted by molar-refractivity contribution is 5.56. The first-order valence-electron chi connectivity index (χ1n) is 9.37. The molecule has 0 fully saturated rings. The molecule has 1 aliphatic heterocycles. The van der Waals surface area contributed by atoms with Crippen molar-refractivity contribution in [2.75, 3.05) is 40.4 Å². The highest BCUT2D eigenvalue weighted by atomic mass is 16.5. The zero-order valence-corrected chi connectivity index (χ0v) is 16.3. The standard InChI is InChI=1S/C20H34N2O2/c1-7-17-19-16(11-12-22(17)10-4)20(24-6)15(13-18(19)23-5)14-21(8-2)9-3/h13,17H,7-12,14H2,1-6H3. The van der Waals surface area contributed by atoms with Gasteiger partial charge in [0.05, 0.1) is 14.2 Å². The van der Waals surface area contributed by atoms with Gasteiger partial charge >= 0.3 is 0 Å². The Morgan fingerprint density at radius 3 is 2.33 bits per heavy atom. The summed E-state index contributed by atoms with van der Waals surface area (Å²) in [5, 5.41) is 0. The van der Waals surface area contributed by atoms with Crippen LogP contribution in [0.15, 0.2) is 6.07 Å². The van der Waals surface area contributed by atoms with Gasteiger partial charge in [0.1, 0.15) is 11.5 Å². The number of nitrogens with zero attached hydrogens (tertiary/aromatic N) is 2. The number of hydrogen-bond donors (Lipinski definition) is 0. The van der Waals surface area contributed by atoms with Crippen molar-refractivity contribution in [3.63, 3.8) is 0 Å². The average molecular weight is 335 g/mol. The Morgan fingerprint density at radius 2 is 1.83 bits per heavy atom. The smallest absolute Gasteiger partial charge is 0.127 e. The van der Waals surface area contributed by atoms with Crippen molar-refractivity contribution in [3.8, 4) is 11.5 Å². The number of hydrogen-bond acceptors (Lipinski definition) is 4. The molecule has 4 nitrogen and oxygen atoms in total. The van der Waals surface area contributed by atoms with Crippen molar-refractivity contribution in [2.45, 2.75) is 53.1 Å². The molecule has 1 unspecified atom stereocenters. The summed E-state index contributed by atoms with van der Waals surface area (Å²) in [7, 11) is 3.60. The van der Waals surface area contributed by atoms with Crippen molar-refractivity contribution < 1.29 is 9.47 Å². The van der Waals surface area contributed by atoms with Crippen LogP contribution < -0.4 is 9.47 Å². The molecule has 4 heteroatoms. The number of benzene rings is 1. The number of fused-ring (bicyclic) bond motifs is 1. The Hall–Kier alpha value is -1.26. The molecule has 0 amide bonds. The summed E-state index contributed by atoms with van der Waals surface area (Å²) >= 11 is 0. The molecule has 0 saturated carbocycles. The van der Waals surface area contributed by atoms with E-state index >= 15 is 0 Å². The van der Waals surface area contributed by atoms with Crippen molar-refractivity contribution in [2.24, 2.45) is 0 Å². The molecule has 1 aromatic carbocycles. The van der Waals surface area contributed by atoms with Crippen LogP contribution in [-0.2, 0) is 13.0 Å². The molecule has 1 heterocycles. The van der Waals surface area contributed by atoms with Gasteiger partial charge in [-0.3, -0.25) is 9.80 Å². The van der Waals surface area contributed by atoms with Crippen LogP contribution in [-0.4, -0.2) is 50.2 Å². The quantitative estimate of drug-likeness (QED) is 0.720. The van der Waals surface area contributed by atoms with E-state index < -0.39 is 0 Å². The molecule has 1 atom stereocenters. The minimum atomic E-state index is 0.421.